The molecule has 1 heterocycles. The van der Waals surface area contributed by atoms with E-state index in [-0.39, 0.29) is 11.2 Å². The number of anilines is 1. The van der Waals surface area contributed by atoms with Crippen molar-refractivity contribution in [2.75, 3.05) is 18.6 Å². The second-order valence-corrected chi connectivity index (χ2v) is 5.32. The summed E-state index contributed by atoms with van der Waals surface area (Å²) in [5.41, 5.74) is 0.804. The van der Waals surface area contributed by atoms with E-state index in [1.165, 1.54) is 0 Å². The third-order valence-corrected chi connectivity index (χ3v) is 3.38. The Labute approximate surface area is 108 Å². The molecule has 3 nitrogen and oxygen atoms in total. The maximum absolute atomic E-state index is 11.8. The molecule has 1 unspecified atom stereocenters. The van der Waals surface area contributed by atoms with Crippen LogP contribution in [0.25, 0.3) is 0 Å². The fraction of sp³-hybridized carbons (Fsp3) is 0.364. The molecule has 16 heavy (non-hydrogen) atoms. The molecule has 1 aromatic rings. The van der Waals surface area contributed by atoms with Crippen LogP contribution in [0.15, 0.2) is 22.7 Å². The molecule has 1 fully saturated rings. The third-order valence-electron chi connectivity index (χ3n) is 2.54. The van der Waals surface area contributed by atoms with Gasteiger partial charge in [0.1, 0.15) is 5.75 Å². The standard InChI is InChI=1S/C11H12BrNO2S/c1-15-10-3-2-7(12)4-9(10)13-6-8(16)5-11(13)14/h2-4,8,16H,5-6H2,1H3. The highest BCUT2D eigenvalue weighted by atomic mass is 79.9. The summed E-state index contributed by atoms with van der Waals surface area (Å²) in [6, 6.07) is 5.63. The summed E-state index contributed by atoms with van der Waals surface area (Å²) >= 11 is 7.73. The Kier molecular flexibility index (Phi) is 3.44. The zero-order valence-electron chi connectivity index (χ0n) is 8.81. The van der Waals surface area contributed by atoms with E-state index >= 15 is 0 Å². The lowest BCUT2D eigenvalue weighted by Gasteiger charge is -2.19. The van der Waals surface area contributed by atoms with Crippen molar-refractivity contribution in [2.24, 2.45) is 0 Å². The molecule has 86 valence electrons. The number of rotatable bonds is 2. The zero-order valence-corrected chi connectivity index (χ0v) is 11.3. The van der Waals surface area contributed by atoms with Gasteiger partial charge in [-0.2, -0.15) is 12.6 Å². The maximum atomic E-state index is 11.8. The summed E-state index contributed by atoms with van der Waals surface area (Å²) < 4.78 is 6.19. The summed E-state index contributed by atoms with van der Waals surface area (Å²) in [5.74, 6) is 0.801. The average Bonchev–Trinajstić information content (AvgIpc) is 2.57. The average molecular weight is 302 g/mol. The van der Waals surface area contributed by atoms with Crippen molar-refractivity contribution in [3.8, 4) is 5.75 Å². The van der Waals surface area contributed by atoms with Crippen LogP contribution in [-0.2, 0) is 4.79 Å². The highest BCUT2D eigenvalue weighted by Crippen LogP contribution is 2.34. The molecule has 1 atom stereocenters. The molecule has 1 amide bonds. The lowest BCUT2D eigenvalue weighted by molar-refractivity contribution is -0.117. The number of methoxy groups -OCH3 is 1. The lowest BCUT2D eigenvalue weighted by atomic mass is 10.2. The van der Waals surface area contributed by atoms with Gasteiger partial charge in [-0.1, -0.05) is 15.9 Å². The van der Waals surface area contributed by atoms with E-state index < -0.39 is 0 Å². The number of hydrogen-bond donors (Lipinski definition) is 1. The summed E-state index contributed by atoms with van der Waals surface area (Å²) in [6.07, 6.45) is 0.485. The molecule has 0 spiro atoms. The van der Waals surface area contributed by atoms with Crippen LogP contribution < -0.4 is 9.64 Å². The molecule has 2 rings (SSSR count). The first-order valence-electron chi connectivity index (χ1n) is 4.94. The second kappa shape index (κ2) is 4.67. The Bertz CT molecular complexity index is 424. The van der Waals surface area contributed by atoms with E-state index in [0.29, 0.717) is 18.7 Å². The molecule has 0 bridgehead atoms. The zero-order chi connectivity index (χ0) is 11.7. The number of carbonyl (C=O) groups excluding carboxylic acids is 1. The van der Waals surface area contributed by atoms with Crippen LogP contribution in [-0.4, -0.2) is 24.8 Å². The van der Waals surface area contributed by atoms with Crippen molar-refractivity contribution in [1.82, 2.24) is 0 Å². The van der Waals surface area contributed by atoms with Crippen molar-refractivity contribution >= 4 is 40.2 Å². The van der Waals surface area contributed by atoms with Crippen LogP contribution in [0.4, 0.5) is 5.69 Å². The molecule has 1 saturated heterocycles. The van der Waals surface area contributed by atoms with Crippen LogP contribution >= 0.6 is 28.6 Å². The van der Waals surface area contributed by atoms with Crippen molar-refractivity contribution in [3.63, 3.8) is 0 Å². The molecule has 0 radical (unpaired) electrons. The van der Waals surface area contributed by atoms with E-state index in [0.717, 1.165) is 10.2 Å². The molecule has 0 aliphatic carbocycles. The van der Waals surface area contributed by atoms with Gasteiger partial charge in [-0.3, -0.25) is 4.79 Å². The number of carbonyl (C=O) groups is 1. The SMILES string of the molecule is COc1ccc(Br)cc1N1CC(S)CC1=O. The summed E-state index contributed by atoms with van der Waals surface area (Å²) in [5, 5.41) is 0.108. The van der Waals surface area contributed by atoms with Crippen molar-refractivity contribution in [3.05, 3.63) is 22.7 Å². The predicted octanol–water partition coefficient (Wildman–Crippen LogP) is 2.49. The van der Waals surface area contributed by atoms with Crippen molar-refractivity contribution < 1.29 is 9.53 Å². The molecule has 5 heteroatoms. The van der Waals surface area contributed by atoms with Gasteiger partial charge in [0.15, 0.2) is 0 Å². The number of amides is 1. The molecule has 0 N–H and O–H groups in total. The van der Waals surface area contributed by atoms with Gasteiger partial charge in [-0.05, 0) is 18.2 Å². The first kappa shape index (κ1) is 11.8. The Hall–Kier alpha value is -0.680. The van der Waals surface area contributed by atoms with Gasteiger partial charge in [0.2, 0.25) is 5.91 Å². The van der Waals surface area contributed by atoms with E-state index in [9.17, 15) is 4.79 Å². The molecular weight excluding hydrogens is 290 g/mol. The minimum atomic E-state index is 0.0939. The molecule has 0 aromatic heterocycles. The van der Waals surface area contributed by atoms with Crippen molar-refractivity contribution in [1.29, 1.82) is 0 Å². The fourth-order valence-electron chi connectivity index (χ4n) is 1.80. The van der Waals surface area contributed by atoms with Crippen LogP contribution in [0.5, 0.6) is 5.75 Å². The van der Waals surface area contributed by atoms with E-state index in [1.54, 1.807) is 12.0 Å². The second-order valence-electron chi connectivity index (χ2n) is 3.68. The Morgan fingerprint density at radius 2 is 2.31 bits per heavy atom. The van der Waals surface area contributed by atoms with Crippen molar-refractivity contribution in [2.45, 2.75) is 11.7 Å². The maximum Gasteiger partial charge on any atom is 0.228 e. The quantitative estimate of drug-likeness (QED) is 0.851. The highest BCUT2D eigenvalue weighted by Gasteiger charge is 2.30. The molecular formula is C11H12BrNO2S. The molecule has 0 saturated carbocycles. The highest BCUT2D eigenvalue weighted by molar-refractivity contribution is 9.10. The number of halogens is 1. The largest absolute Gasteiger partial charge is 0.495 e. The van der Waals surface area contributed by atoms with Crippen LogP contribution in [0.2, 0.25) is 0 Å². The van der Waals surface area contributed by atoms with Gasteiger partial charge >= 0.3 is 0 Å². The lowest BCUT2D eigenvalue weighted by Crippen LogP contribution is -2.25. The first-order valence-corrected chi connectivity index (χ1v) is 6.24. The number of thiol groups is 1. The number of nitrogens with zero attached hydrogens (tertiary/aromatic N) is 1. The molecule has 1 aliphatic heterocycles. The van der Waals surface area contributed by atoms with E-state index in [4.69, 9.17) is 4.74 Å². The van der Waals surface area contributed by atoms with E-state index in [2.05, 4.69) is 28.6 Å². The smallest absolute Gasteiger partial charge is 0.228 e. The van der Waals surface area contributed by atoms with Gasteiger partial charge in [-0.25, -0.2) is 0 Å². The number of benzene rings is 1. The van der Waals surface area contributed by atoms with Gasteiger partial charge in [0, 0.05) is 22.7 Å². The molecule has 1 aromatic carbocycles. The normalized spacial score (nSPS) is 20.3. The van der Waals surface area contributed by atoms with Gasteiger partial charge < -0.3 is 9.64 Å². The van der Waals surface area contributed by atoms with Crippen LogP contribution in [0.3, 0.4) is 0 Å². The van der Waals surface area contributed by atoms with Gasteiger partial charge in [0.25, 0.3) is 0 Å². The number of hydrogen-bond acceptors (Lipinski definition) is 3. The Morgan fingerprint density at radius 1 is 1.56 bits per heavy atom. The summed E-state index contributed by atoms with van der Waals surface area (Å²) in [6.45, 7) is 0.634. The fourth-order valence-corrected chi connectivity index (χ4v) is 2.46. The van der Waals surface area contributed by atoms with Crippen LogP contribution in [0, 0.1) is 0 Å². The summed E-state index contributed by atoms with van der Waals surface area (Å²) in [4.78, 5) is 13.5. The Balaban J connectivity index is 2.39. The predicted molar refractivity (Wildman–Crippen MR) is 70.4 cm³/mol. The first-order chi connectivity index (χ1) is 7.61. The topological polar surface area (TPSA) is 29.5 Å². The van der Waals surface area contributed by atoms with Gasteiger partial charge in [-0.15, -0.1) is 0 Å². The Morgan fingerprint density at radius 3 is 2.88 bits per heavy atom. The molecule has 1 aliphatic rings. The summed E-state index contributed by atoms with van der Waals surface area (Å²) in [7, 11) is 1.60. The van der Waals surface area contributed by atoms with Gasteiger partial charge in [0.05, 0.1) is 12.8 Å². The number of ether oxygens (including phenoxy) is 1. The third kappa shape index (κ3) is 2.20. The van der Waals surface area contributed by atoms with Crippen LogP contribution in [0.1, 0.15) is 6.42 Å². The van der Waals surface area contributed by atoms with E-state index in [1.807, 2.05) is 18.2 Å². The minimum absolute atomic E-state index is 0.0939. The minimum Gasteiger partial charge on any atom is -0.495 e. The monoisotopic (exact) mass is 301 g/mol.